The molecule has 66 heavy (non-hydrogen) atoms. The van der Waals surface area contributed by atoms with E-state index >= 15 is 0 Å². The second kappa shape index (κ2) is 37.5. The number of carbonyl (C=O) groups excluding carboxylic acids is 2. The molecule has 364 valence electrons. The Bertz CT molecular complexity index is 1730. The van der Waals surface area contributed by atoms with E-state index in [-0.39, 0.29) is 5.78 Å². The summed E-state index contributed by atoms with van der Waals surface area (Å²) in [6.07, 6.45) is 40.5. The van der Waals surface area contributed by atoms with Crippen LogP contribution < -0.4 is 18.9 Å². The zero-order valence-corrected chi connectivity index (χ0v) is 41.7. The summed E-state index contributed by atoms with van der Waals surface area (Å²) in [5.41, 5.74) is 2.14. The van der Waals surface area contributed by atoms with Crippen LogP contribution in [0.5, 0.6) is 23.0 Å². The second-order valence-corrected chi connectivity index (χ2v) is 18.2. The fraction of sp³-hybridized carbons (Fsp3) is 0.610. The highest BCUT2D eigenvalue weighted by molar-refractivity contribution is 6.06. The Morgan fingerprint density at radius 1 is 0.470 bits per heavy atom. The van der Waals surface area contributed by atoms with Crippen LogP contribution in [-0.4, -0.2) is 31.6 Å². The fourth-order valence-corrected chi connectivity index (χ4v) is 8.15. The molecule has 0 spiro atoms. The maximum atomic E-state index is 13.9. The van der Waals surface area contributed by atoms with Crippen LogP contribution in [-0.2, 0) is 0 Å². The number of rotatable bonds is 41. The zero-order chi connectivity index (χ0) is 47.1. The van der Waals surface area contributed by atoms with Gasteiger partial charge in [-0.25, -0.2) is 4.79 Å². The largest absolute Gasteiger partial charge is 0.490 e. The van der Waals surface area contributed by atoms with Crippen LogP contribution in [0.3, 0.4) is 0 Å². The van der Waals surface area contributed by atoms with Crippen LogP contribution in [0.1, 0.15) is 245 Å². The number of nitrogens with zero attached hydrogens (tertiary/aromatic N) is 1. The molecule has 7 heteroatoms. The third-order valence-corrected chi connectivity index (χ3v) is 12.3. The molecule has 0 aromatic heterocycles. The van der Waals surface area contributed by atoms with Gasteiger partial charge in [0, 0.05) is 5.56 Å². The van der Waals surface area contributed by atoms with E-state index in [4.69, 9.17) is 24.2 Å². The molecule has 0 aliphatic rings. The van der Waals surface area contributed by atoms with Crippen molar-refractivity contribution in [1.82, 2.24) is 0 Å². The summed E-state index contributed by atoms with van der Waals surface area (Å²) in [6.45, 7) is 8.42. The average molecular weight is 906 g/mol. The monoisotopic (exact) mass is 906 g/mol. The lowest BCUT2D eigenvalue weighted by molar-refractivity contribution is 0.0733. The maximum absolute atomic E-state index is 13.9. The number of benzene rings is 3. The number of hydrogen-bond acceptors (Lipinski definition) is 7. The smallest absolute Gasteiger partial charge is 0.343 e. The number of ether oxygens (including phenoxy) is 4. The predicted molar refractivity (Wildman–Crippen MR) is 274 cm³/mol. The molecule has 0 saturated carbocycles. The van der Waals surface area contributed by atoms with Crippen molar-refractivity contribution in [3.63, 3.8) is 0 Å². The minimum absolute atomic E-state index is 0.164. The lowest BCUT2D eigenvalue weighted by Gasteiger charge is -2.19. The number of ketones is 1. The van der Waals surface area contributed by atoms with Crippen LogP contribution in [0.25, 0.3) is 6.08 Å². The highest BCUT2D eigenvalue weighted by atomic mass is 16.5. The molecular weight excluding hydrogens is 819 g/mol. The van der Waals surface area contributed by atoms with Crippen molar-refractivity contribution in [2.24, 2.45) is 0 Å². The summed E-state index contributed by atoms with van der Waals surface area (Å²) in [5.74, 6) is 1.34. The van der Waals surface area contributed by atoms with Crippen LogP contribution in [0.4, 0.5) is 0 Å². The van der Waals surface area contributed by atoms with E-state index in [9.17, 15) is 9.59 Å². The molecule has 0 heterocycles. The molecule has 0 aliphatic carbocycles. The normalized spacial score (nSPS) is 11.2. The molecule has 0 bridgehead atoms. The molecule has 0 atom stereocenters. The van der Waals surface area contributed by atoms with Gasteiger partial charge in [-0.3, -0.25) is 4.79 Å². The summed E-state index contributed by atoms with van der Waals surface area (Å²) in [7, 11) is 0. The molecular formula is C59H87NO6. The summed E-state index contributed by atoms with van der Waals surface area (Å²) in [5, 5.41) is 9.06. The van der Waals surface area contributed by atoms with Gasteiger partial charge < -0.3 is 18.9 Å². The van der Waals surface area contributed by atoms with Gasteiger partial charge in [0.1, 0.15) is 5.75 Å². The van der Waals surface area contributed by atoms with Crippen molar-refractivity contribution >= 4 is 17.8 Å². The third-order valence-electron chi connectivity index (χ3n) is 12.3. The predicted octanol–water partition coefficient (Wildman–Crippen LogP) is 17.6. The van der Waals surface area contributed by atoms with Crippen molar-refractivity contribution in [1.29, 1.82) is 5.26 Å². The summed E-state index contributed by atoms with van der Waals surface area (Å²) >= 11 is 0. The molecule has 0 aliphatic heterocycles. The van der Waals surface area contributed by atoms with Crippen LogP contribution in [0.15, 0.2) is 66.7 Å². The Balaban J connectivity index is 1.70. The molecule has 0 fully saturated rings. The maximum Gasteiger partial charge on any atom is 0.343 e. The number of unbranched alkanes of at least 4 members (excludes halogenated alkanes) is 27. The van der Waals surface area contributed by atoms with Crippen LogP contribution in [0, 0.1) is 11.3 Å². The van der Waals surface area contributed by atoms with E-state index in [0.29, 0.717) is 59.5 Å². The van der Waals surface area contributed by atoms with Crippen molar-refractivity contribution in [3.8, 4) is 29.1 Å². The Morgan fingerprint density at radius 3 is 1.24 bits per heavy atom. The van der Waals surface area contributed by atoms with E-state index in [2.05, 4.69) is 26.8 Å². The molecule has 0 amide bonds. The first kappa shape index (κ1) is 55.8. The third kappa shape index (κ3) is 25.4. The first-order chi connectivity index (χ1) is 32.5. The van der Waals surface area contributed by atoms with Crippen molar-refractivity contribution in [3.05, 3.63) is 89.0 Å². The molecule has 3 aromatic carbocycles. The summed E-state index contributed by atoms with van der Waals surface area (Å²) in [4.78, 5) is 26.6. The number of esters is 1. The Kier molecular flexibility index (Phi) is 31.7. The lowest BCUT2D eigenvalue weighted by Crippen LogP contribution is -2.12. The Labute approximate surface area is 401 Å². The van der Waals surface area contributed by atoms with Crippen molar-refractivity contribution in [2.75, 3.05) is 19.8 Å². The second-order valence-electron chi connectivity index (χ2n) is 18.2. The topological polar surface area (TPSA) is 94.9 Å². The average Bonchev–Trinajstić information content (AvgIpc) is 3.34. The molecule has 0 saturated heterocycles. The number of allylic oxidation sites excluding steroid dienone is 1. The molecule has 0 N–H and O–H groups in total. The van der Waals surface area contributed by atoms with Crippen LogP contribution >= 0.6 is 0 Å². The summed E-state index contributed by atoms with van der Waals surface area (Å²) in [6, 6.07) is 19.2. The standard InChI is InChI=1S/C59H87NO6/c1-4-7-10-13-16-19-22-25-28-31-44-63-56-47-53(59(62)66-54-41-36-50(37-42-54)38-43-55(61)52-39-34-51(49-60)35-40-52)48-57(64-45-32-29-26-23-20-17-14-11-8-5-2)58(56)65-46-33-30-27-24-21-18-15-12-9-6-3/h34-43,47-48H,4-33,44-46H2,1-3H3/b43-38+. The highest BCUT2D eigenvalue weighted by Crippen LogP contribution is 2.40. The quantitative estimate of drug-likeness (QED) is 0.0184. The molecule has 7 nitrogen and oxygen atoms in total. The van der Waals surface area contributed by atoms with E-state index in [0.717, 1.165) is 44.1 Å². The lowest BCUT2D eigenvalue weighted by atomic mass is 10.1. The Morgan fingerprint density at radius 2 is 0.848 bits per heavy atom. The zero-order valence-electron chi connectivity index (χ0n) is 41.7. The van der Waals surface area contributed by atoms with E-state index < -0.39 is 5.97 Å². The van der Waals surface area contributed by atoms with Crippen molar-refractivity contribution in [2.45, 2.75) is 213 Å². The van der Waals surface area contributed by atoms with Gasteiger partial charge in [0.15, 0.2) is 17.3 Å². The van der Waals surface area contributed by atoms with Gasteiger partial charge in [0.05, 0.1) is 37.0 Å². The van der Waals surface area contributed by atoms with Gasteiger partial charge in [-0.2, -0.15) is 5.26 Å². The molecule has 0 unspecified atom stereocenters. The summed E-state index contributed by atoms with van der Waals surface area (Å²) < 4.78 is 25.4. The molecule has 0 radical (unpaired) electrons. The van der Waals surface area contributed by atoms with Gasteiger partial charge in [-0.05, 0) is 79.4 Å². The molecule has 3 aromatic rings. The number of carbonyl (C=O) groups is 2. The van der Waals surface area contributed by atoms with Gasteiger partial charge in [0.25, 0.3) is 0 Å². The first-order valence-electron chi connectivity index (χ1n) is 26.6. The highest BCUT2D eigenvalue weighted by Gasteiger charge is 2.21. The van der Waals surface area contributed by atoms with Gasteiger partial charge in [0.2, 0.25) is 5.75 Å². The minimum atomic E-state index is -0.511. The first-order valence-corrected chi connectivity index (χ1v) is 26.6. The number of hydrogen-bond donors (Lipinski definition) is 0. The van der Waals surface area contributed by atoms with Crippen LogP contribution in [0.2, 0.25) is 0 Å². The molecule has 3 rings (SSSR count). The Hall–Kier alpha value is -4.57. The van der Waals surface area contributed by atoms with Gasteiger partial charge >= 0.3 is 5.97 Å². The van der Waals surface area contributed by atoms with Gasteiger partial charge in [-0.15, -0.1) is 0 Å². The van der Waals surface area contributed by atoms with E-state index in [1.165, 1.54) is 160 Å². The minimum Gasteiger partial charge on any atom is -0.490 e. The number of nitriles is 1. The SMILES string of the molecule is CCCCCCCCCCCCOc1cc(C(=O)Oc2ccc(/C=C/C(=O)c3ccc(C#N)cc3)cc2)cc(OCCCCCCCCCCCC)c1OCCCCCCCCCCCC. The van der Waals surface area contributed by atoms with E-state index in [1.54, 1.807) is 66.7 Å². The fourth-order valence-electron chi connectivity index (χ4n) is 8.15. The van der Waals surface area contributed by atoms with Gasteiger partial charge in [-0.1, -0.05) is 212 Å². The van der Waals surface area contributed by atoms with Crippen molar-refractivity contribution < 1.29 is 28.5 Å². The van der Waals surface area contributed by atoms with E-state index in [1.807, 2.05) is 0 Å².